The largest absolute Gasteiger partial charge is 0.350 e. The molecule has 0 radical (unpaired) electrons. The van der Waals surface area contributed by atoms with Crippen molar-refractivity contribution in [3.05, 3.63) is 29.0 Å². The summed E-state index contributed by atoms with van der Waals surface area (Å²) in [5.74, 6) is -0.671. The van der Waals surface area contributed by atoms with Gasteiger partial charge in [0.25, 0.3) is 5.91 Å². The summed E-state index contributed by atoms with van der Waals surface area (Å²) >= 11 is 5.89. The topological polar surface area (TPSA) is 71.1 Å². The number of aromatic nitrogens is 1. The van der Waals surface area contributed by atoms with Crippen LogP contribution in [0.3, 0.4) is 0 Å². The van der Waals surface area contributed by atoms with E-state index in [2.05, 4.69) is 15.6 Å². The average Bonchev–Trinajstić information content (AvgIpc) is 2.27. The second-order valence-electron chi connectivity index (χ2n) is 5.29. The minimum Gasteiger partial charge on any atom is -0.350 e. The molecule has 0 spiro atoms. The number of carbonyl (C=O) groups excluding carboxylic acids is 2. The summed E-state index contributed by atoms with van der Waals surface area (Å²) in [4.78, 5) is 27.6. The molecular formula is C13H18ClN3O2. The van der Waals surface area contributed by atoms with Crippen LogP contribution in [0, 0.1) is 0 Å². The minimum absolute atomic E-state index is 0.249. The van der Waals surface area contributed by atoms with Gasteiger partial charge in [0.15, 0.2) is 0 Å². The standard InChI is InChI=1S/C13H18ClN3O2/c1-8(11(18)17-13(2,3)4)16-12(19)9-7-15-6-5-10(9)14/h5-8H,1-4H3,(H,16,19)(H,17,18). The quantitative estimate of drug-likeness (QED) is 0.888. The van der Waals surface area contributed by atoms with Crippen LogP contribution < -0.4 is 10.6 Å². The Hall–Kier alpha value is -1.62. The highest BCUT2D eigenvalue weighted by Gasteiger charge is 2.21. The minimum atomic E-state index is -0.650. The van der Waals surface area contributed by atoms with E-state index in [-0.39, 0.29) is 17.0 Å². The maximum Gasteiger partial charge on any atom is 0.255 e. The van der Waals surface area contributed by atoms with Crippen LogP contribution in [-0.2, 0) is 4.79 Å². The molecular weight excluding hydrogens is 266 g/mol. The maximum atomic E-state index is 11.9. The zero-order valence-electron chi connectivity index (χ0n) is 11.5. The van der Waals surface area contributed by atoms with Crippen LogP contribution in [0.25, 0.3) is 0 Å². The third-order valence-corrected chi connectivity index (χ3v) is 2.58. The SMILES string of the molecule is CC(NC(=O)c1cnccc1Cl)C(=O)NC(C)(C)C. The molecule has 2 N–H and O–H groups in total. The first-order valence-corrected chi connectivity index (χ1v) is 6.31. The van der Waals surface area contributed by atoms with Crippen LogP contribution >= 0.6 is 11.6 Å². The highest BCUT2D eigenvalue weighted by Crippen LogP contribution is 2.13. The summed E-state index contributed by atoms with van der Waals surface area (Å²) in [5, 5.41) is 5.67. The fraction of sp³-hybridized carbons (Fsp3) is 0.462. The highest BCUT2D eigenvalue weighted by molar-refractivity contribution is 6.33. The molecule has 1 rings (SSSR count). The van der Waals surface area contributed by atoms with Crippen molar-refractivity contribution in [2.75, 3.05) is 0 Å². The van der Waals surface area contributed by atoms with Crippen LogP contribution in [0.2, 0.25) is 5.02 Å². The van der Waals surface area contributed by atoms with Crippen molar-refractivity contribution < 1.29 is 9.59 Å². The lowest BCUT2D eigenvalue weighted by atomic mass is 10.1. The van der Waals surface area contributed by atoms with Crippen LogP contribution in [0.4, 0.5) is 0 Å². The van der Waals surface area contributed by atoms with Crippen LogP contribution in [0.15, 0.2) is 18.5 Å². The maximum absolute atomic E-state index is 11.9. The van der Waals surface area contributed by atoms with E-state index in [0.717, 1.165) is 0 Å². The number of nitrogens with zero attached hydrogens (tertiary/aromatic N) is 1. The second kappa shape index (κ2) is 6.02. The third-order valence-electron chi connectivity index (χ3n) is 2.25. The van der Waals surface area contributed by atoms with Gasteiger partial charge in [-0.1, -0.05) is 11.6 Å². The Kier molecular flexibility index (Phi) is 4.89. The van der Waals surface area contributed by atoms with E-state index in [0.29, 0.717) is 5.02 Å². The van der Waals surface area contributed by atoms with Crippen LogP contribution in [0.5, 0.6) is 0 Å². The molecule has 0 aliphatic rings. The number of amides is 2. The summed E-state index contributed by atoms with van der Waals surface area (Å²) < 4.78 is 0. The van der Waals surface area contributed by atoms with Gasteiger partial charge in [0, 0.05) is 17.9 Å². The number of hydrogen-bond acceptors (Lipinski definition) is 3. The molecule has 0 saturated carbocycles. The van der Waals surface area contributed by atoms with E-state index in [9.17, 15) is 9.59 Å². The molecule has 19 heavy (non-hydrogen) atoms. The molecule has 0 aromatic carbocycles. The van der Waals surface area contributed by atoms with E-state index < -0.39 is 11.9 Å². The monoisotopic (exact) mass is 283 g/mol. The summed E-state index contributed by atoms with van der Waals surface area (Å²) in [5.41, 5.74) is -0.0956. The number of carbonyl (C=O) groups is 2. The molecule has 0 saturated heterocycles. The number of rotatable bonds is 3. The smallest absolute Gasteiger partial charge is 0.255 e. The molecule has 0 aliphatic carbocycles. The van der Waals surface area contributed by atoms with Gasteiger partial charge in [-0.3, -0.25) is 14.6 Å². The normalized spacial score (nSPS) is 12.7. The highest BCUT2D eigenvalue weighted by atomic mass is 35.5. The first-order valence-electron chi connectivity index (χ1n) is 5.93. The van der Waals surface area contributed by atoms with E-state index in [1.165, 1.54) is 18.5 Å². The van der Waals surface area contributed by atoms with E-state index in [4.69, 9.17) is 11.6 Å². The van der Waals surface area contributed by atoms with E-state index >= 15 is 0 Å². The van der Waals surface area contributed by atoms with Crippen molar-refractivity contribution in [3.8, 4) is 0 Å². The molecule has 2 amide bonds. The molecule has 1 unspecified atom stereocenters. The van der Waals surface area contributed by atoms with Crippen molar-refractivity contribution in [3.63, 3.8) is 0 Å². The average molecular weight is 284 g/mol. The van der Waals surface area contributed by atoms with Gasteiger partial charge in [0.1, 0.15) is 6.04 Å². The summed E-state index contributed by atoms with van der Waals surface area (Å²) in [6.07, 6.45) is 2.86. The Morgan fingerprint density at radius 2 is 2.00 bits per heavy atom. The van der Waals surface area contributed by atoms with Gasteiger partial charge in [0.05, 0.1) is 10.6 Å². The first kappa shape index (κ1) is 15.4. The number of pyridine rings is 1. The van der Waals surface area contributed by atoms with Crippen molar-refractivity contribution in [1.82, 2.24) is 15.6 Å². The molecule has 5 nitrogen and oxygen atoms in total. The lowest BCUT2D eigenvalue weighted by molar-refractivity contribution is -0.124. The Bertz CT molecular complexity index is 483. The molecule has 0 fully saturated rings. The number of hydrogen-bond donors (Lipinski definition) is 2. The third kappa shape index (κ3) is 4.87. The molecule has 1 heterocycles. The van der Waals surface area contributed by atoms with Crippen molar-refractivity contribution in [1.29, 1.82) is 0 Å². The zero-order valence-corrected chi connectivity index (χ0v) is 12.2. The van der Waals surface area contributed by atoms with Crippen LogP contribution in [-0.4, -0.2) is 28.4 Å². The van der Waals surface area contributed by atoms with Gasteiger partial charge < -0.3 is 10.6 Å². The van der Waals surface area contributed by atoms with Crippen molar-refractivity contribution in [2.24, 2.45) is 0 Å². The summed E-state index contributed by atoms with van der Waals surface area (Å²) in [6, 6.07) is 0.874. The second-order valence-corrected chi connectivity index (χ2v) is 5.70. The Morgan fingerprint density at radius 1 is 1.37 bits per heavy atom. The molecule has 1 atom stereocenters. The lowest BCUT2D eigenvalue weighted by Crippen LogP contribution is -2.50. The molecule has 1 aromatic rings. The van der Waals surface area contributed by atoms with Gasteiger partial charge in [-0.15, -0.1) is 0 Å². The van der Waals surface area contributed by atoms with Gasteiger partial charge in [0.2, 0.25) is 5.91 Å². The number of nitrogens with one attached hydrogen (secondary N) is 2. The van der Waals surface area contributed by atoms with Gasteiger partial charge >= 0.3 is 0 Å². The van der Waals surface area contributed by atoms with E-state index in [1.807, 2.05) is 20.8 Å². The number of halogens is 1. The molecule has 1 aromatic heterocycles. The molecule has 6 heteroatoms. The van der Waals surface area contributed by atoms with E-state index in [1.54, 1.807) is 6.92 Å². The molecule has 0 aliphatic heterocycles. The Labute approximate surface area is 117 Å². The van der Waals surface area contributed by atoms with Crippen LogP contribution in [0.1, 0.15) is 38.1 Å². The van der Waals surface area contributed by atoms with Gasteiger partial charge in [-0.05, 0) is 33.8 Å². The summed E-state index contributed by atoms with van der Waals surface area (Å²) in [7, 11) is 0. The molecule has 0 bridgehead atoms. The first-order chi connectivity index (χ1) is 8.70. The van der Waals surface area contributed by atoms with Gasteiger partial charge in [-0.2, -0.15) is 0 Å². The Morgan fingerprint density at radius 3 is 2.53 bits per heavy atom. The van der Waals surface area contributed by atoms with Crippen molar-refractivity contribution in [2.45, 2.75) is 39.3 Å². The lowest BCUT2D eigenvalue weighted by Gasteiger charge is -2.23. The zero-order chi connectivity index (χ0) is 14.6. The molecule has 104 valence electrons. The predicted molar refractivity (Wildman–Crippen MR) is 74.1 cm³/mol. The van der Waals surface area contributed by atoms with Crippen molar-refractivity contribution >= 4 is 23.4 Å². The predicted octanol–water partition coefficient (Wildman–Crippen LogP) is 1.77. The Balaban J connectivity index is 2.67. The van der Waals surface area contributed by atoms with Gasteiger partial charge in [-0.25, -0.2) is 0 Å². The summed E-state index contributed by atoms with van der Waals surface area (Å²) in [6.45, 7) is 7.23. The fourth-order valence-corrected chi connectivity index (χ4v) is 1.55. The fourth-order valence-electron chi connectivity index (χ4n) is 1.36.